The zero-order chi connectivity index (χ0) is 19.6. The van der Waals surface area contributed by atoms with Gasteiger partial charge in [-0.1, -0.05) is 23.7 Å². The first-order chi connectivity index (χ1) is 13.0. The van der Waals surface area contributed by atoms with Crippen molar-refractivity contribution in [3.8, 4) is 28.5 Å². The highest BCUT2D eigenvalue weighted by molar-refractivity contribution is 6.30. The maximum Gasteiger partial charge on any atom is 0.279 e. The average Bonchev–Trinajstić information content (AvgIpc) is 3.08. The number of halogens is 1. The Balaban J connectivity index is 2.11. The van der Waals surface area contributed by atoms with Gasteiger partial charge in [0.1, 0.15) is 5.82 Å². The van der Waals surface area contributed by atoms with Crippen molar-refractivity contribution in [2.75, 3.05) is 27.1 Å². The summed E-state index contributed by atoms with van der Waals surface area (Å²) >= 11 is 5.94. The van der Waals surface area contributed by atoms with E-state index < -0.39 is 5.91 Å². The van der Waals surface area contributed by atoms with Crippen LogP contribution in [0.15, 0.2) is 42.5 Å². The van der Waals surface area contributed by atoms with E-state index in [1.807, 2.05) is 0 Å². The molecule has 1 aromatic heterocycles. The zero-order valence-electron chi connectivity index (χ0n) is 15.0. The number of benzene rings is 2. The molecule has 140 valence electrons. The van der Waals surface area contributed by atoms with Crippen LogP contribution < -0.4 is 19.9 Å². The lowest BCUT2D eigenvalue weighted by molar-refractivity contribution is 0.0946. The van der Waals surface area contributed by atoms with Crippen molar-refractivity contribution in [1.29, 1.82) is 0 Å². The van der Waals surface area contributed by atoms with Crippen LogP contribution >= 0.6 is 11.6 Å². The van der Waals surface area contributed by atoms with Gasteiger partial charge in [0.15, 0.2) is 11.5 Å². The molecule has 0 bridgehead atoms. The number of aromatic nitrogens is 2. The van der Waals surface area contributed by atoms with Crippen LogP contribution in [0.4, 0.5) is 5.82 Å². The van der Waals surface area contributed by atoms with Crippen LogP contribution in [0.1, 0.15) is 10.4 Å². The molecule has 0 saturated heterocycles. The third-order valence-corrected chi connectivity index (χ3v) is 4.22. The van der Waals surface area contributed by atoms with Gasteiger partial charge in [-0.2, -0.15) is 4.68 Å². The van der Waals surface area contributed by atoms with E-state index in [-0.39, 0.29) is 5.82 Å². The lowest BCUT2D eigenvalue weighted by Gasteiger charge is -2.14. The Morgan fingerprint density at radius 2 is 1.59 bits per heavy atom. The molecule has 3 rings (SSSR count). The quantitative estimate of drug-likeness (QED) is 0.720. The molecule has 2 N–H and O–H groups in total. The van der Waals surface area contributed by atoms with Crippen molar-refractivity contribution in [1.82, 2.24) is 9.78 Å². The Morgan fingerprint density at radius 3 is 2.11 bits per heavy atom. The first kappa shape index (κ1) is 18.6. The van der Waals surface area contributed by atoms with E-state index in [9.17, 15) is 4.79 Å². The number of methoxy groups -OCH3 is 3. The molecule has 27 heavy (non-hydrogen) atoms. The molecule has 0 spiro atoms. The second-order valence-corrected chi connectivity index (χ2v) is 6.03. The number of anilines is 1. The highest BCUT2D eigenvalue weighted by atomic mass is 35.5. The number of carbonyl (C=O) groups is 1. The summed E-state index contributed by atoms with van der Waals surface area (Å²) in [6.45, 7) is 0. The Labute approximate surface area is 161 Å². The maximum absolute atomic E-state index is 13.1. The Hall–Kier alpha value is -3.19. The molecular weight excluding hydrogens is 370 g/mol. The third kappa shape index (κ3) is 3.54. The summed E-state index contributed by atoms with van der Waals surface area (Å²) in [6, 6.07) is 11.8. The van der Waals surface area contributed by atoms with Crippen LogP contribution in [0.25, 0.3) is 11.3 Å². The van der Waals surface area contributed by atoms with E-state index in [1.54, 1.807) is 42.5 Å². The minimum atomic E-state index is -0.393. The van der Waals surface area contributed by atoms with Gasteiger partial charge >= 0.3 is 0 Å². The standard InChI is InChI=1S/C19H18ClN3O4/c1-25-15-8-12(9-16(26-2)18(15)27-3)19(24)23-14(10-17(21)22-23)11-4-6-13(20)7-5-11/h4-10H,1-3H3,(H2,21,22). The SMILES string of the molecule is COc1cc(C(=O)n2nc(N)cc2-c2ccc(Cl)cc2)cc(OC)c1OC. The molecule has 7 nitrogen and oxygen atoms in total. The summed E-state index contributed by atoms with van der Waals surface area (Å²) in [6.07, 6.45) is 0. The smallest absolute Gasteiger partial charge is 0.279 e. The van der Waals surface area contributed by atoms with Crippen LogP contribution in [-0.4, -0.2) is 37.0 Å². The van der Waals surface area contributed by atoms with E-state index in [2.05, 4.69) is 5.10 Å². The number of hydrogen-bond donors (Lipinski definition) is 1. The van der Waals surface area contributed by atoms with Crippen molar-refractivity contribution in [3.63, 3.8) is 0 Å². The fourth-order valence-corrected chi connectivity index (χ4v) is 2.83. The second kappa shape index (κ2) is 7.59. The van der Waals surface area contributed by atoms with Crippen molar-refractivity contribution in [2.24, 2.45) is 0 Å². The van der Waals surface area contributed by atoms with Gasteiger partial charge in [0.05, 0.1) is 27.0 Å². The first-order valence-electron chi connectivity index (χ1n) is 7.94. The van der Waals surface area contributed by atoms with Gasteiger partial charge in [0.2, 0.25) is 5.75 Å². The van der Waals surface area contributed by atoms with Crippen molar-refractivity contribution < 1.29 is 19.0 Å². The second-order valence-electron chi connectivity index (χ2n) is 5.59. The van der Waals surface area contributed by atoms with Gasteiger partial charge in [0, 0.05) is 22.2 Å². The van der Waals surface area contributed by atoms with Crippen LogP contribution in [0.2, 0.25) is 5.02 Å². The predicted octanol–water partition coefficient (Wildman–Crippen LogP) is 3.50. The van der Waals surface area contributed by atoms with Gasteiger partial charge in [-0.3, -0.25) is 4.79 Å². The molecule has 0 aliphatic rings. The maximum atomic E-state index is 13.1. The van der Waals surface area contributed by atoms with Gasteiger partial charge in [-0.15, -0.1) is 5.10 Å². The fourth-order valence-electron chi connectivity index (χ4n) is 2.71. The topological polar surface area (TPSA) is 88.6 Å². The molecule has 3 aromatic rings. The number of rotatable bonds is 5. The van der Waals surface area contributed by atoms with Crippen molar-refractivity contribution in [2.45, 2.75) is 0 Å². The summed E-state index contributed by atoms with van der Waals surface area (Å²) in [5, 5.41) is 4.73. The molecule has 1 heterocycles. The molecule has 0 unspecified atom stereocenters. The molecule has 0 radical (unpaired) electrons. The molecule has 0 aliphatic heterocycles. The number of nitrogen functional groups attached to an aromatic ring is 1. The molecule has 0 amide bonds. The normalized spacial score (nSPS) is 10.5. The molecular formula is C19H18ClN3O4. The molecule has 0 aliphatic carbocycles. The molecule has 0 fully saturated rings. The number of carbonyl (C=O) groups excluding carboxylic acids is 1. The summed E-state index contributed by atoms with van der Waals surface area (Å²) in [5.74, 6) is 0.966. The minimum absolute atomic E-state index is 0.223. The van der Waals surface area contributed by atoms with Crippen LogP contribution in [0.5, 0.6) is 17.2 Å². The first-order valence-corrected chi connectivity index (χ1v) is 8.32. The van der Waals surface area contributed by atoms with Crippen molar-refractivity contribution >= 4 is 23.3 Å². The fraction of sp³-hybridized carbons (Fsp3) is 0.158. The lowest BCUT2D eigenvalue weighted by Crippen LogP contribution is -2.15. The number of nitrogens with zero attached hydrogens (tertiary/aromatic N) is 2. The van der Waals surface area contributed by atoms with Crippen molar-refractivity contribution in [3.05, 3.63) is 53.1 Å². The highest BCUT2D eigenvalue weighted by Gasteiger charge is 2.21. The summed E-state index contributed by atoms with van der Waals surface area (Å²) in [7, 11) is 4.46. The Bertz CT molecular complexity index is 958. The van der Waals surface area contributed by atoms with E-state index in [0.29, 0.717) is 33.5 Å². The summed E-state index contributed by atoms with van der Waals surface area (Å²) < 4.78 is 17.2. The average molecular weight is 388 g/mol. The van der Waals surface area contributed by atoms with E-state index in [1.165, 1.54) is 26.0 Å². The monoisotopic (exact) mass is 387 g/mol. The van der Waals surface area contributed by atoms with Gasteiger partial charge in [-0.05, 0) is 24.3 Å². The summed E-state index contributed by atoms with van der Waals surface area (Å²) in [4.78, 5) is 13.1. The number of nitrogens with two attached hydrogens (primary N) is 1. The highest BCUT2D eigenvalue weighted by Crippen LogP contribution is 2.38. The summed E-state index contributed by atoms with van der Waals surface area (Å²) in [5.41, 5.74) is 7.45. The van der Waals surface area contributed by atoms with Crippen LogP contribution in [0, 0.1) is 0 Å². The third-order valence-electron chi connectivity index (χ3n) is 3.97. The van der Waals surface area contributed by atoms with Gasteiger partial charge < -0.3 is 19.9 Å². The van der Waals surface area contributed by atoms with E-state index >= 15 is 0 Å². The van der Waals surface area contributed by atoms with E-state index in [4.69, 9.17) is 31.5 Å². The van der Waals surface area contributed by atoms with Gasteiger partial charge in [-0.25, -0.2) is 0 Å². The zero-order valence-corrected chi connectivity index (χ0v) is 15.8. The molecule has 8 heteroatoms. The van der Waals surface area contributed by atoms with E-state index in [0.717, 1.165) is 5.56 Å². The van der Waals surface area contributed by atoms with Crippen LogP contribution in [0.3, 0.4) is 0 Å². The Kier molecular flexibility index (Phi) is 5.23. The Morgan fingerprint density at radius 1 is 1.00 bits per heavy atom. The number of ether oxygens (including phenoxy) is 3. The predicted molar refractivity (Wildman–Crippen MR) is 103 cm³/mol. The molecule has 2 aromatic carbocycles. The van der Waals surface area contributed by atoms with Gasteiger partial charge in [0.25, 0.3) is 5.91 Å². The largest absolute Gasteiger partial charge is 0.493 e. The lowest BCUT2D eigenvalue weighted by atomic mass is 10.1. The number of hydrogen-bond acceptors (Lipinski definition) is 6. The molecule has 0 atom stereocenters. The van der Waals surface area contributed by atoms with Crippen LogP contribution in [-0.2, 0) is 0 Å². The minimum Gasteiger partial charge on any atom is -0.493 e. The molecule has 0 saturated carbocycles.